The Morgan fingerprint density at radius 1 is 1.38 bits per heavy atom. The van der Waals surface area contributed by atoms with E-state index in [1.54, 1.807) is 12.3 Å². The fraction of sp³-hybridized carbons (Fsp3) is 0.389. The van der Waals surface area contributed by atoms with E-state index in [0.717, 1.165) is 25.2 Å². The topological polar surface area (TPSA) is 60.7 Å². The second kappa shape index (κ2) is 7.97. The minimum absolute atomic E-state index is 0.0533. The van der Waals surface area contributed by atoms with Crippen LogP contribution in [0.15, 0.2) is 41.0 Å². The third-order valence-corrected chi connectivity index (χ3v) is 3.84. The molecule has 1 aliphatic heterocycles. The van der Waals surface area contributed by atoms with E-state index in [4.69, 9.17) is 13.9 Å². The van der Waals surface area contributed by atoms with Gasteiger partial charge in [0.1, 0.15) is 23.9 Å². The fourth-order valence-corrected chi connectivity index (χ4v) is 2.59. The highest BCUT2D eigenvalue weighted by atomic mass is 19.1. The van der Waals surface area contributed by atoms with Crippen LogP contribution in [0.2, 0.25) is 0 Å². The summed E-state index contributed by atoms with van der Waals surface area (Å²) < 4.78 is 29.9. The molecule has 1 unspecified atom stereocenters. The van der Waals surface area contributed by atoms with Crippen LogP contribution in [-0.2, 0) is 16.0 Å². The van der Waals surface area contributed by atoms with E-state index in [2.05, 4.69) is 5.32 Å². The smallest absolute Gasteiger partial charge is 0.224 e. The van der Waals surface area contributed by atoms with Gasteiger partial charge in [-0.3, -0.25) is 4.79 Å². The van der Waals surface area contributed by atoms with E-state index in [1.165, 1.54) is 18.2 Å². The van der Waals surface area contributed by atoms with E-state index in [0.29, 0.717) is 24.5 Å². The molecule has 0 aliphatic carbocycles. The van der Waals surface area contributed by atoms with Gasteiger partial charge in [0, 0.05) is 25.5 Å². The molecular weight excluding hydrogens is 313 g/mol. The number of halogens is 1. The number of aryl methyl sites for hydroxylation is 1. The summed E-state index contributed by atoms with van der Waals surface area (Å²) in [6, 6.07) is 7.67. The van der Waals surface area contributed by atoms with Crippen LogP contribution in [0, 0.1) is 5.82 Å². The molecule has 0 bridgehead atoms. The van der Waals surface area contributed by atoms with Crippen LogP contribution in [0.1, 0.15) is 25.0 Å². The minimum Gasteiger partial charge on any atom is -0.489 e. The molecule has 5 nitrogen and oxygen atoms in total. The van der Waals surface area contributed by atoms with Gasteiger partial charge in [0.05, 0.1) is 18.1 Å². The zero-order valence-electron chi connectivity index (χ0n) is 13.3. The van der Waals surface area contributed by atoms with E-state index in [9.17, 15) is 9.18 Å². The lowest BCUT2D eigenvalue weighted by atomic mass is 10.2. The molecule has 1 atom stereocenters. The number of hydrogen-bond donors (Lipinski definition) is 1. The van der Waals surface area contributed by atoms with Gasteiger partial charge in [-0.15, -0.1) is 0 Å². The van der Waals surface area contributed by atoms with Gasteiger partial charge in [-0.25, -0.2) is 4.39 Å². The lowest BCUT2D eigenvalue weighted by Crippen LogP contribution is -2.18. The molecule has 2 aromatic rings. The van der Waals surface area contributed by atoms with Gasteiger partial charge in [0.2, 0.25) is 5.91 Å². The van der Waals surface area contributed by atoms with Gasteiger partial charge in [-0.1, -0.05) is 0 Å². The van der Waals surface area contributed by atoms with Crippen molar-refractivity contribution in [3.8, 4) is 5.75 Å². The quantitative estimate of drug-likeness (QED) is 0.842. The van der Waals surface area contributed by atoms with Crippen molar-refractivity contribution in [2.75, 3.05) is 18.5 Å². The first-order chi connectivity index (χ1) is 11.7. The Kier molecular flexibility index (Phi) is 5.48. The van der Waals surface area contributed by atoms with Crippen molar-refractivity contribution in [2.24, 2.45) is 0 Å². The predicted molar refractivity (Wildman–Crippen MR) is 86.5 cm³/mol. The molecule has 24 heavy (non-hydrogen) atoms. The number of benzene rings is 1. The second-order valence-corrected chi connectivity index (χ2v) is 5.71. The van der Waals surface area contributed by atoms with E-state index >= 15 is 0 Å². The lowest BCUT2D eigenvalue weighted by molar-refractivity contribution is -0.116. The highest BCUT2D eigenvalue weighted by Crippen LogP contribution is 2.27. The van der Waals surface area contributed by atoms with E-state index in [1.807, 2.05) is 6.07 Å². The predicted octanol–water partition coefficient (Wildman–Crippen LogP) is 3.55. The van der Waals surface area contributed by atoms with Crippen LogP contribution < -0.4 is 10.1 Å². The average molecular weight is 333 g/mol. The fourth-order valence-electron chi connectivity index (χ4n) is 2.59. The highest BCUT2D eigenvalue weighted by Gasteiger charge is 2.17. The monoisotopic (exact) mass is 333 g/mol. The first-order valence-electron chi connectivity index (χ1n) is 8.07. The Hall–Kier alpha value is -2.34. The van der Waals surface area contributed by atoms with E-state index in [-0.39, 0.29) is 18.4 Å². The molecule has 1 fully saturated rings. The molecule has 6 heteroatoms. The number of anilines is 1. The number of rotatable bonds is 7. The summed E-state index contributed by atoms with van der Waals surface area (Å²) in [5, 5.41) is 2.70. The summed E-state index contributed by atoms with van der Waals surface area (Å²) in [6.45, 7) is 1.13. The third kappa shape index (κ3) is 4.58. The number of furan rings is 1. The zero-order valence-corrected chi connectivity index (χ0v) is 13.3. The molecule has 2 heterocycles. The maximum Gasteiger partial charge on any atom is 0.224 e. The summed E-state index contributed by atoms with van der Waals surface area (Å²) in [5.74, 6) is 0.525. The number of hydrogen-bond acceptors (Lipinski definition) is 4. The highest BCUT2D eigenvalue weighted by molar-refractivity contribution is 5.92. The molecule has 1 aromatic heterocycles. The molecule has 0 spiro atoms. The molecule has 128 valence electrons. The average Bonchev–Trinajstić information content (AvgIpc) is 3.26. The van der Waals surface area contributed by atoms with Crippen LogP contribution in [0.5, 0.6) is 5.75 Å². The van der Waals surface area contributed by atoms with Crippen molar-refractivity contribution in [3.63, 3.8) is 0 Å². The molecule has 1 aliphatic rings. The van der Waals surface area contributed by atoms with Crippen molar-refractivity contribution >= 4 is 11.6 Å². The minimum atomic E-state index is -0.430. The zero-order chi connectivity index (χ0) is 16.8. The normalized spacial score (nSPS) is 17.0. The molecule has 1 saturated heterocycles. The van der Waals surface area contributed by atoms with Crippen molar-refractivity contribution in [1.29, 1.82) is 0 Å². The number of carbonyl (C=O) groups excluding carboxylic acids is 1. The summed E-state index contributed by atoms with van der Waals surface area (Å²) in [5.41, 5.74) is 0.331. The first-order valence-corrected chi connectivity index (χ1v) is 8.07. The molecule has 1 N–H and O–H groups in total. The Bertz CT molecular complexity index is 666. The first kappa shape index (κ1) is 16.5. The Labute approximate surface area is 139 Å². The van der Waals surface area contributed by atoms with Crippen molar-refractivity contribution < 1.29 is 23.1 Å². The van der Waals surface area contributed by atoms with Crippen LogP contribution in [-0.4, -0.2) is 25.2 Å². The number of amides is 1. The molecular formula is C18H20FNO4. The van der Waals surface area contributed by atoms with Crippen molar-refractivity contribution in [1.82, 2.24) is 0 Å². The summed E-state index contributed by atoms with van der Waals surface area (Å²) in [7, 11) is 0. The van der Waals surface area contributed by atoms with Gasteiger partial charge in [0.25, 0.3) is 0 Å². The van der Waals surface area contributed by atoms with E-state index < -0.39 is 5.82 Å². The Balaban J connectivity index is 1.58. The molecule has 1 aromatic carbocycles. The van der Waals surface area contributed by atoms with Gasteiger partial charge in [-0.05, 0) is 37.1 Å². The SMILES string of the molecule is O=C(CCc1ccco1)Nc1cc(F)ccc1OCC1CCCO1. The van der Waals surface area contributed by atoms with Gasteiger partial charge >= 0.3 is 0 Å². The van der Waals surface area contributed by atoms with Crippen LogP contribution in [0.3, 0.4) is 0 Å². The maximum absolute atomic E-state index is 13.5. The van der Waals surface area contributed by atoms with Gasteiger partial charge in [-0.2, -0.15) is 0 Å². The molecule has 0 saturated carbocycles. The summed E-state index contributed by atoms with van der Waals surface area (Å²) in [6.07, 6.45) is 4.32. The standard InChI is InChI=1S/C18H20FNO4/c19-13-5-7-17(24-12-15-4-2-10-23-15)16(11-13)20-18(21)8-6-14-3-1-9-22-14/h1,3,5,7,9,11,15H,2,4,6,8,10,12H2,(H,20,21). The summed E-state index contributed by atoms with van der Waals surface area (Å²) >= 11 is 0. The molecule has 1 amide bonds. The number of nitrogens with one attached hydrogen (secondary N) is 1. The Morgan fingerprint density at radius 2 is 2.29 bits per heavy atom. The van der Waals surface area contributed by atoms with Crippen molar-refractivity contribution in [2.45, 2.75) is 31.8 Å². The van der Waals surface area contributed by atoms with Crippen LogP contribution in [0.4, 0.5) is 10.1 Å². The van der Waals surface area contributed by atoms with Crippen molar-refractivity contribution in [3.05, 3.63) is 48.2 Å². The largest absolute Gasteiger partial charge is 0.489 e. The lowest BCUT2D eigenvalue weighted by Gasteiger charge is -2.15. The van der Waals surface area contributed by atoms with Crippen LogP contribution in [0.25, 0.3) is 0 Å². The second-order valence-electron chi connectivity index (χ2n) is 5.71. The number of ether oxygens (including phenoxy) is 2. The summed E-state index contributed by atoms with van der Waals surface area (Å²) in [4.78, 5) is 12.1. The molecule has 0 radical (unpaired) electrons. The molecule has 3 rings (SSSR count). The maximum atomic E-state index is 13.5. The van der Waals surface area contributed by atoms with Crippen LogP contribution >= 0.6 is 0 Å². The van der Waals surface area contributed by atoms with Gasteiger partial charge < -0.3 is 19.2 Å². The Morgan fingerprint density at radius 3 is 3.04 bits per heavy atom. The van der Waals surface area contributed by atoms with Gasteiger partial charge in [0.15, 0.2) is 0 Å². The third-order valence-electron chi connectivity index (χ3n) is 3.84. The number of carbonyl (C=O) groups is 1.